The Kier molecular flexibility index (Phi) is 3.44. The molecule has 6 heteroatoms. The summed E-state index contributed by atoms with van der Waals surface area (Å²) in [5.41, 5.74) is 1.54. The maximum Gasteiger partial charge on any atom is 0.264 e. The summed E-state index contributed by atoms with van der Waals surface area (Å²) in [5.74, 6) is 0. The highest BCUT2D eigenvalue weighted by molar-refractivity contribution is 7.85. The molecule has 1 heterocycles. The Labute approximate surface area is 96.5 Å². The van der Waals surface area contributed by atoms with E-state index in [1.54, 1.807) is 17.9 Å². The van der Waals surface area contributed by atoms with Gasteiger partial charge in [-0.25, -0.2) is 0 Å². The van der Waals surface area contributed by atoms with Crippen LogP contribution in [0.3, 0.4) is 0 Å². The van der Waals surface area contributed by atoms with E-state index in [1.807, 2.05) is 20.8 Å². The lowest BCUT2D eigenvalue weighted by molar-refractivity contribution is 0.308. The number of rotatable bonds is 3. The monoisotopic (exact) mass is 246 g/mol. The molecule has 0 bridgehead atoms. The van der Waals surface area contributed by atoms with Crippen molar-refractivity contribution in [1.29, 1.82) is 0 Å². The zero-order valence-electron chi connectivity index (χ0n) is 10.3. The first kappa shape index (κ1) is 13.2. The molecular formula is C10H18N2O3S. The molecule has 0 fully saturated rings. The van der Waals surface area contributed by atoms with Crippen LogP contribution in [0.1, 0.15) is 32.0 Å². The highest BCUT2D eigenvalue weighted by atomic mass is 32.2. The van der Waals surface area contributed by atoms with Crippen LogP contribution in [-0.4, -0.2) is 24.5 Å². The summed E-state index contributed by atoms with van der Waals surface area (Å²) in [5, 5.41) is 4.32. The fraction of sp³-hybridized carbons (Fsp3) is 0.700. The third-order valence-corrected chi connectivity index (χ3v) is 2.59. The van der Waals surface area contributed by atoms with E-state index in [2.05, 4.69) is 5.10 Å². The third kappa shape index (κ3) is 3.61. The number of aromatic nitrogens is 2. The van der Waals surface area contributed by atoms with Gasteiger partial charge in [-0.05, 0) is 0 Å². The first-order chi connectivity index (χ1) is 7.09. The summed E-state index contributed by atoms with van der Waals surface area (Å²) < 4.78 is 28.3. The minimum atomic E-state index is -3.41. The van der Waals surface area contributed by atoms with Crippen molar-refractivity contribution >= 4 is 10.1 Å². The van der Waals surface area contributed by atoms with Gasteiger partial charge in [0.25, 0.3) is 10.1 Å². The van der Waals surface area contributed by atoms with E-state index in [4.69, 9.17) is 4.18 Å². The van der Waals surface area contributed by atoms with Crippen LogP contribution in [0.4, 0.5) is 0 Å². The van der Waals surface area contributed by atoms with Gasteiger partial charge in [0.15, 0.2) is 0 Å². The number of nitrogens with zero attached hydrogens (tertiary/aromatic N) is 2. The maximum atomic E-state index is 10.9. The first-order valence-electron chi connectivity index (χ1n) is 4.97. The lowest BCUT2D eigenvalue weighted by Gasteiger charge is -2.17. The van der Waals surface area contributed by atoms with E-state index >= 15 is 0 Å². The lowest BCUT2D eigenvalue weighted by atomic mass is 9.90. The van der Waals surface area contributed by atoms with Crippen LogP contribution in [0.5, 0.6) is 0 Å². The highest BCUT2D eigenvalue weighted by Gasteiger charge is 2.22. The van der Waals surface area contributed by atoms with Gasteiger partial charge in [0, 0.05) is 24.2 Å². The van der Waals surface area contributed by atoms with E-state index < -0.39 is 10.1 Å². The molecule has 1 rings (SSSR count). The van der Waals surface area contributed by atoms with Crippen LogP contribution in [0, 0.1) is 0 Å². The molecule has 0 unspecified atom stereocenters. The zero-order chi connectivity index (χ0) is 12.6. The van der Waals surface area contributed by atoms with Crippen LogP contribution < -0.4 is 0 Å². The van der Waals surface area contributed by atoms with Gasteiger partial charge in [-0.3, -0.25) is 8.86 Å². The van der Waals surface area contributed by atoms with Crippen molar-refractivity contribution < 1.29 is 12.6 Å². The Morgan fingerprint density at radius 2 is 2.00 bits per heavy atom. The molecule has 0 atom stereocenters. The maximum absolute atomic E-state index is 10.9. The second-order valence-corrected chi connectivity index (χ2v) is 6.54. The molecule has 1 aromatic rings. The van der Waals surface area contributed by atoms with E-state index in [1.165, 1.54) is 0 Å². The smallest absolute Gasteiger partial charge is 0.264 e. The molecule has 92 valence electrons. The van der Waals surface area contributed by atoms with E-state index in [0.29, 0.717) is 0 Å². The molecule has 1 aromatic heterocycles. The molecule has 0 aliphatic heterocycles. The highest BCUT2D eigenvalue weighted by Crippen LogP contribution is 2.24. The van der Waals surface area contributed by atoms with Crippen LogP contribution >= 0.6 is 0 Å². The van der Waals surface area contributed by atoms with E-state index in [9.17, 15) is 8.42 Å². The Bertz CT molecular complexity index is 469. The number of hydrogen-bond acceptors (Lipinski definition) is 4. The molecular weight excluding hydrogens is 228 g/mol. The molecule has 0 aromatic carbocycles. The van der Waals surface area contributed by atoms with Gasteiger partial charge < -0.3 is 0 Å². The summed E-state index contributed by atoms with van der Waals surface area (Å²) in [4.78, 5) is 0. The predicted molar refractivity (Wildman–Crippen MR) is 61.5 cm³/mol. The molecule has 0 N–H and O–H groups in total. The number of hydrogen-bond donors (Lipinski definition) is 0. The minimum Gasteiger partial charge on any atom is -0.275 e. The zero-order valence-corrected chi connectivity index (χ0v) is 11.1. The van der Waals surface area contributed by atoms with Crippen molar-refractivity contribution in [2.45, 2.75) is 32.8 Å². The first-order valence-corrected chi connectivity index (χ1v) is 6.78. The molecule has 0 amide bonds. The average molecular weight is 246 g/mol. The van der Waals surface area contributed by atoms with Gasteiger partial charge in [-0.1, -0.05) is 20.8 Å². The molecule has 5 nitrogen and oxygen atoms in total. The molecule has 0 spiro atoms. The Morgan fingerprint density at radius 3 is 2.44 bits per heavy atom. The summed E-state index contributed by atoms with van der Waals surface area (Å²) in [6, 6.07) is 0. The van der Waals surface area contributed by atoms with Gasteiger partial charge in [-0.2, -0.15) is 13.5 Å². The SMILES string of the molecule is Cn1cc(COS(C)(=O)=O)c(C(C)(C)C)n1. The Hall–Kier alpha value is -0.880. The predicted octanol–water partition coefficient (Wildman–Crippen LogP) is 1.19. The molecule has 0 aliphatic rings. The summed E-state index contributed by atoms with van der Waals surface area (Å²) in [7, 11) is -1.61. The fourth-order valence-electron chi connectivity index (χ4n) is 1.45. The van der Waals surface area contributed by atoms with Crippen molar-refractivity contribution in [2.75, 3.05) is 6.26 Å². The van der Waals surface area contributed by atoms with Gasteiger partial charge in [-0.15, -0.1) is 0 Å². The van der Waals surface area contributed by atoms with Crippen molar-refractivity contribution in [3.8, 4) is 0 Å². The molecule has 0 saturated heterocycles. The fourth-order valence-corrected chi connectivity index (χ4v) is 1.79. The largest absolute Gasteiger partial charge is 0.275 e. The lowest BCUT2D eigenvalue weighted by Crippen LogP contribution is -2.15. The summed E-state index contributed by atoms with van der Waals surface area (Å²) >= 11 is 0. The van der Waals surface area contributed by atoms with Crippen molar-refractivity contribution in [3.63, 3.8) is 0 Å². The van der Waals surface area contributed by atoms with Gasteiger partial charge in [0.2, 0.25) is 0 Å². The second kappa shape index (κ2) is 4.18. The normalized spacial score (nSPS) is 13.1. The van der Waals surface area contributed by atoms with Gasteiger partial charge >= 0.3 is 0 Å². The van der Waals surface area contributed by atoms with Gasteiger partial charge in [0.05, 0.1) is 18.6 Å². The van der Waals surface area contributed by atoms with Crippen LogP contribution in [0.15, 0.2) is 6.20 Å². The van der Waals surface area contributed by atoms with E-state index in [0.717, 1.165) is 17.5 Å². The van der Waals surface area contributed by atoms with Crippen molar-refractivity contribution in [2.24, 2.45) is 7.05 Å². The average Bonchev–Trinajstić information content (AvgIpc) is 2.41. The van der Waals surface area contributed by atoms with Gasteiger partial charge in [0.1, 0.15) is 0 Å². The van der Waals surface area contributed by atoms with E-state index in [-0.39, 0.29) is 12.0 Å². The topological polar surface area (TPSA) is 61.2 Å². The molecule has 0 aliphatic carbocycles. The Morgan fingerprint density at radius 1 is 1.44 bits per heavy atom. The standard InChI is InChI=1S/C10H18N2O3S/c1-10(2,3)9-8(6-12(4)11-9)7-15-16(5,13)14/h6H,7H2,1-5H3. The Balaban J connectivity index is 2.96. The summed E-state index contributed by atoms with van der Waals surface area (Å²) in [6.45, 7) is 6.12. The van der Waals surface area contributed by atoms with Crippen molar-refractivity contribution in [1.82, 2.24) is 9.78 Å². The van der Waals surface area contributed by atoms with Crippen LogP contribution in [-0.2, 0) is 33.4 Å². The molecule has 0 saturated carbocycles. The quantitative estimate of drug-likeness (QED) is 0.752. The minimum absolute atomic E-state index is 0.0409. The van der Waals surface area contributed by atoms with Crippen molar-refractivity contribution in [3.05, 3.63) is 17.5 Å². The molecule has 0 radical (unpaired) electrons. The summed E-state index contributed by atoms with van der Waals surface area (Å²) in [6.07, 6.45) is 2.83. The third-order valence-electron chi connectivity index (χ3n) is 2.04. The molecule has 16 heavy (non-hydrogen) atoms. The second-order valence-electron chi connectivity index (χ2n) is 4.89. The van der Waals surface area contributed by atoms with Crippen LogP contribution in [0.25, 0.3) is 0 Å². The number of aryl methyl sites for hydroxylation is 1. The van der Waals surface area contributed by atoms with Crippen LogP contribution in [0.2, 0.25) is 0 Å².